The van der Waals surface area contributed by atoms with Gasteiger partial charge in [-0.05, 0) is 47.4 Å². The van der Waals surface area contributed by atoms with Crippen LogP contribution in [0.5, 0.6) is 5.75 Å². The molecule has 1 amide bonds. The van der Waals surface area contributed by atoms with E-state index in [2.05, 4.69) is 15.3 Å². The maximum absolute atomic E-state index is 12.9. The fourth-order valence-corrected chi connectivity index (χ4v) is 4.77. The Morgan fingerprint density at radius 2 is 1.73 bits per heavy atom. The number of rotatable bonds is 7. The Morgan fingerprint density at radius 1 is 1.09 bits per heavy atom. The van der Waals surface area contributed by atoms with Crippen LogP contribution in [0.15, 0.2) is 74.5 Å². The standard InChI is InChI=1S/C23H25N3O5S2/c1-23(2,3)15-5-11-18(12-6-15)33(29,30)19-13-24-22(26-21(19)28)32-14-20(27)25-16-7-9-17(31-4)10-8-16/h5-13H,14H2,1-4H3,(H,25,27)(H,24,26,28). The number of anilines is 1. The summed E-state index contributed by atoms with van der Waals surface area (Å²) in [5, 5.41) is 2.86. The maximum Gasteiger partial charge on any atom is 0.270 e. The summed E-state index contributed by atoms with van der Waals surface area (Å²) in [5.41, 5.74) is 0.665. The van der Waals surface area contributed by atoms with Crippen molar-refractivity contribution in [2.24, 2.45) is 0 Å². The van der Waals surface area contributed by atoms with Gasteiger partial charge in [0.05, 0.1) is 24.0 Å². The van der Waals surface area contributed by atoms with Gasteiger partial charge in [-0.3, -0.25) is 9.59 Å². The van der Waals surface area contributed by atoms with E-state index in [1.165, 1.54) is 12.1 Å². The van der Waals surface area contributed by atoms with Crippen molar-refractivity contribution in [1.82, 2.24) is 9.97 Å². The number of nitrogens with one attached hydrogen (secondary N) is 2. The predicted molar refractivity (Wildman–Crippen MR) is 128 cm³/mol. The van der Waals surface area contributed by atoms with Gasteiger partial charge in [-0.2, -0.15) is 0 Å². The third kappa shape index (κ3) is 6.02. The van der Waals surface area contributed by atoms with Gasteiger partial charge in [0.15, 0.2) is 10.1 Å². The van der Waals surface area contributed by atoms with Gasteiger partial charge in [0.1, 0.15) is 5.75 Å². The Kier molecular flexibility index (Phi) is 7.28. The van der Waals surface area contributed by atoms with Gasteiger partial charge in [-0.15, -0.1) is 0 Å². The molecule has 0 fully saturated rings. The Hall–Kier alpha value is -3.11. The fourth-order valence-electron chi connectivity index (χ4n) is 2.90. The van der Waals surface area contributed by atoms with Crippen LogP contribution in [-0.4, -0.2) is 37.2 Å². The lowest BCUT2D eigenvalue weighted by Gasteiger charge is -2.19. The Morgan fingerprint density at radius 3 is 2.27 bits per heavy atom. The van der Waals surface area contributed by atoms with Crippen molar-refractivity contribution in [2.45, 2.75) is 41.1 Å². The molecule has 0 saturated heterocycles. The maximum atomic E-state index is 12.9. The summed E-state index contributed by atoms with van der Waals surface area (Å²) in [6.45, 7) is 6.08. The fraction of sp³-hybridized carbons (Fsp3) is 0.261. The lowest BCUT2D eigenvalue weighted by molar-refractivity contribution is -0.113. The molecule has 0 bridgehead atoms. The number of amides is 1. The van der Waals surface area contributed by atoms with Crippen LogP contribution >= 0.6 is 11.8 Å². The van der Waals surface area contributed by atoms with E-state index in [1.807, 2.05) is 20.8 Å². The average Bonchev–Trinajstić information content (AvgIpc) is 2.77. The number of hydrogen-bond donors (Lipinski definition) is 2. The summed E-state index contributed by atoms with van der Waals surface area (Å²) >= 11 is 0.991. The number of benzene rings is 2. The number of thioether (sulfide) groups is 1. The van der Waals surface area contributed by atoms with Gasteiger partial charge >= 0.3 is 0 Å². The van der Waals surface area contributed by atoms with Crippen LogP contribution in [-0.2, 0) is 20.0 Å². The molecule has 2 aromatic carbocycles. The number of ether oxygens (including phenoxy) is 1. The minimum Gasteiger partial charge on any atom is -0.497 e. The highest BCUT2D eigenvalue weighted by Crippen LogP contribution is 2.25. The molecule has 10 heteroatoms. The molecule has 1 heterocycles. The number of aromatic amines is 1. The zero-order valence-electron chi connectivity index (χ0n) is 18.7. The summed E-state index contributed by atoms with van der Waals surface area (Å²) in [6.07, 6.45) is 1.02. The van der Waals surface area contributed by atoms with Crippen LogP contribution in [0.3, 0.4) is 0 Å². The first kappa shape index (κ1) is 24.5. The topological polar surface area (TPSA) is 118 Å². The van der Waals surface area contributed by atoms with Crippen LogP contribution in [0.25, 0.3) is 0 Å². The SMILES string of the molecule is COc1ccc(NC(=O)CSc2ncc(S(=O)(=O)c3ccc(C(C)(C)C)cc3)c(=O)[nH]2)cc1. The first-order valence-corrected chi connectivity index (χ1v) is 12.5. The number of carbonyl (C=O) groups is 1. The number of methoxy groups -OCH3 is 1. The van der Waals surface area contributed by atoms with Gasteiger partial charge in [-0.1, -0.05) is 44.7 Å². The van der Waals surface area contributed by atoms with E-state index < -0.39 is 20.3 Å². The van der Waals surface area contributed by atoms with E-state index >= 15 is 0 Å². The van der Waals surface area contributed by atoms with Gasteiger partial charge in [0.2, 0.25) is 15.7 Å². The van der Waals surface area contributed by atoms with E-state index in [0.717, 1.165) is 23.5 Å². The van der Waals surface area contributed by atoms with Gasteiger partial charge in [0.25, 0.3) is 5.56 Å². The minimum absolute atomic E-state index is 0.0158. The summed E-state index contributed by atoms with van der Waals surface area (Å²) < 4.78 is 30.9. The molecule has 0 spiro atoms. The quantitative estimate of drug-likeness (QED) is 0.386. The van der Waals surface area contributed by atoms with E-state index in [1.54, 1.807) is 43.5 Å². The highest BCUT2D eigenvalue weighted by Gasteiger charge is 2.23. The van der Waals surface area contributed by atoms with Crippen LogP contribution < -0.4 is 15.6 Å². The number of carbonyl (C=O) groups excluding carboxylic acids is 1. The second kappa shape index (κ2) is 9.80. The summed E-state index contributed by atoms with van der Waals surface area (Å²) in [4.78, 5) is 30.7. The average molecular weight is 488 g/mol. The monoisotopic (exact) mass is 487 g/mol. The Labute approximate surface area is 196 Å². The van der Waals surface area contributed by atoms with E-state index in [9.17, 15) is 18.0 Å². The van der Waals surface area contributed by atoms with Crippen molar-refractivity contribution in [3.63, 3.8) is 0 Å². The molecular formula is C23H25N3O5S2. The molecule has 3 rings (SSSR count). The number of aromatic nitrogens is 2. The molecular weight excluding hydrogens is 462 g/mol. The molecule has 0 aliphatic heterocycles. The molecule has 33 heavy (non-hydrogen) atoms. The molecule has 0 aliphatic carbocycles. The molecule has 0 atom stereocenters. The highest BCUT2D eigenvalue weighted by atomic mass is 32.2. The van der Waals surface area contributed by atoms with E-state index in [-0.39, 0.29) is 27.1 Å². The molecule has 0 unspecified atom stereocenters. The van der Waals surface area contributed by atoms with Crippen LogP contribution in [0, 0.1) is 0 Å². The van der Waals surface area contributed by atoms with Gasteiger partial charge in [-0.25, -0.2) is 13.4 Å². The first-order chi connectivity index (χ1) is 15.5. The first-order valence-electron chi connectivity index (χ1n) is 10.0. The van der Waals surface area contributed by atoms with Crippen LogP contribution in [0.4, 0.5) is 5.69 Å². The third-order valence-electron chi connectivity index (χ3n) is 4.78. The molecule has 0 saturated carbocycles. The number of hydrogen-bond acceptors (Lipinski definition) is 7. The lowest BCUT2D eigenvalue weighted by atomic mass is 9.87. The molecule has 2 N–H and O–H groups in total. The summed E-state index contributed by atoms with van der Waals surface area (Å²) in [5.74, 6) is 0.350. The van der Waals surface area contributed by atoms with Crippen molar-refractivity contribution in [1.29, 1.82) is 0 Å². The predicted octanol–water partition coefficient (Wildman–Crippen LogP) is 3.64. The van der Waals surface area contributed by atoms with E-state index in [0.29, 0.717) is 11.4 Å². The Balaban J connectivity index is 1.68. The third-order valence-corrected chi connectivity index (χ3v) is 7.43. The minimum atomic E-state index is -4.03. The second-order valence-corrected chi connectivity index (χ2v) is 11.1. The van der Waals surface area contributed by atoms with Crippen molar-refractivity contribution in [2.75, 3.05) is 18.2 Å². The van der Waals surface area contributed by atoms with Gasteiger partial charge in [0, 0.05) is 5.69 Å². The molecule has 8 nitrogen and oxygen atoms in total. The molecule has 174 valence electrons. The summed E-state index contributed by atoms with van der Waals surface area (Å²) in [7, 11) is -2.48. The zero-order chi connectivity index (χ0) is 24.2. The van der Waals surface area contributed by atoms with Crippen molar-refractivity contribution < 1.29 is 17.9 Å². The molecule has 1 aromatic heterocycles. The van der Waals surface area contributed by atoms with Crippen LogP contribution in [0.1, 0.15) is 26.3 Å². The van der Waals surface area contributed by atoms with E-state index in [4.69, 9.17) is 4.74 Å². The number of sulfone groups is 1. The smallest absolute Gasteiger partial charge is 0.270 e. The van der Waals surface area contributed by atoms with Crippen molar-refractivity contribution in [3.05, 3.63) is 70.6 Å². The number of nitrogens with zero attached hydrogens (tertiary/aromatic N) is 1. The zero-order valence-corrected chi connectivity index (χ0v) is 20.3. The molecule has 0 aliphatic rings. The van der Waals surface area contributed by atoms with Crippen LogP contribution in [0.2, 0.25) is 0 Å². The normalized spacial score (nSPS) is 11.8. The molecule has 3 aromatic rings. The van der Waals surface area contributed by atoms with Gasteiger partial charge < -0.3 is 15.0 Å². The molecule has 0 radical (unpaired) electrons. The highest BCUT2D eigenvalue weighted by molar-refractivity contribution is 7.99. The summed E-state index contributed by atoms with van der Waals surface area (Å²) in [6, 6.07) is 13.3. The van der Waals surface area contributed by atoms with Crippen molar-refractivity contribution in [3.8, 4) is 5.75 Å². The van der Waals surface area contributed by atoms with Crippen molar-refractivity contribution >= 4 is 33.2 Å². The Bertz CT molecular complexity index is 1290. The lowest BCUT2D eigenvalue weighted by Crippen LogP contribution is -2.20. The second-order valence-electron chi connectivity index (χ2n) is 8.22. The number of H-pyrrole nitrogens is 1. The largest absolute Gasteiger partial charge is 0.497 e.